The number of fused-ring (bicyclic) bond motifs is 1. The largest absolute Gasteiger partial charge is 0.493 e. The quantitative estimate of drug-likeness (QED) is 0.685. The van der Waals surface area contributed by atoms with Gasteiger partial charge in [-0.3, -0.25) is 9.59 Å². The first-order chi connectivity index (χ1) is 15.5. The molecule has 0 bridgehead atoms. The van der Waals surface area contributed by atoms with Gasteiger partial charge in [-0.15, -0.1) is 0 Å². The average molecular weight is 442 g/mol. The molecule has 0 aliphatic carbocycles. The Hall–Kier alpha value is -3.03. The zero-order valence-electron chi connectivity index (χ0n) is 19.0. The molecule has 1 aromatic heterocycles. The summed E-state index contributed by atoms with van der Waals surface area (Å²) in [5, 5.41) is 3.87. The zero-order chi connectivity index (χ0) is 22.7. The van der Waals surface area contributed by atoms with Crippen LogP contribution < -0.4 is 9.47 Å². The van der Waals surface area contributed by atoms with Gasteiger partial charge in [0, 0.05) is 38.7 Å². The predicted molar refractivity (Wildman–Crippen MR) is 118 cm³/mol. The van der Waals surface area contributed by atoms with E-state index in [0.717, 1.165) is 24.2 Å². The number of hydrogen-bond acceptors (Lipinski definition) is 6. The van der Waals surface area contributed by atoms with Crippen LogP contribution in [0.2, 0.25) is 0 Å². The van der Waals surface area contributed by atoms with Crippen LogP contribution in [0, 0.1) is 18.8 Å². The van der Waals surface area contributed by atoms with Gasteiger partial charge < -0.3 is 23.8 Å². The maximum atomic E-state index is 13.0. The molecular weight excluding hydrogens is 410 g/mol. The van der Waals surface area contributed by atoms with Gasteiger partial charge in [-0.1, -0.05) is 17.3 Å². The Morgan fingerprint density at radius 3 is 2.72 bits per heavy atom. The summed E-state index contributed by atoms with van der Waals surface area (Å²) < 4.78 is 16.0. The van der Waals surface area contributed by atoms with Gasteiger partial charge >= 0.3 is 0 Å². The van der Waals surface area contributed by atoms with Gasteiger partial charge in [-0.2, -0.15) is 0 Å². The molecule has 0 N–H and O–H groups in total. The lowest BCUT2D eigenvalue weighted by Crippen LogP contribution is -2.44. The number of carbonyl (C=O) groups is 2. The van der Waals surface area contributed by atoms with Crippen LogP contribution in [0.25, 0.3) is 0 Å². The molecule has 2 atom stereocenters. The smallest absolute Gasteiger partial charge is 0.276 e. The summed E-state index contributed by atoms with van der Waals surface area (Å²) in [6, 6.07) is 7.51. The molecule has 2 fully saturated rings. The molecule has 2 aliphatic heterocycles. The van der Waals surface area contributed by atoms with Crippen molar-refractivity contribution in [3.8, 4) is 11.5 Å². The minimum Gasteiger partial charge on any atom is -0.493 e. The number of ether oxygens (including phenoxy) is 2. The van der Waals surface area contributed by atoms with Crippen molar-refractivity contribution < 1.29 is 23.6 Å². The van der Waals surface area contributed by atoms with Crippen molar-refractivity contribution >= 4 is 11.8 Å². The highest BCUT2D eigenvalue weighted by atomic mass is 16.5. The molecule has 3 heterocycles. The number of rotatable bonds is 6. The van der Waals surface area contributed by atoms with E-state index in [2.05, 4.69) is 5.16 Å². The lowest BCUT2D eigenvalue weighted by atomic mass is 9.82. The van der Waals surface area contributed by atoms with Crippen LogP contribution in [0.3, 0.4) is 0 Å². The highest BCUT2D eigenvalue weighted by Crippen LogP contribution is 2.34. The van der Waals surface area contributed by atoms with Crippen LogP contribution in [0.1, 0.15) is 41.1 Å². The minimum atomic E-state index is -0.0853. The number of aromatic nitrogens is 1. The van der Waals surface area contributed by atoms with E-state index in [-0.39, 0.29) is 11.8 Å². The number of carbonyl (C=O) groups excluding carboxylic acids is 2. The monoisotopic (exact) mass is 441 g/mol. The van der Waals surface area contributed by atoms with E-state index in [1.54, 1.807) is 27.2 Å². The van der Waals surface area contributed by atoms with Crippen LogP contribution in [-0.4, -0.2) is 67.2 Å². The molecule has 2 aromatic rings. The molecule has 2 amide bonds. The number of likely N-dealkylation sites (tertiary alicyclic amines) is 2. The number of amides is 2. The summed E-state index contributed by atoms with van der Waals surface area (Å²) in [4.78, 5) is 29.6. The van der Waals surface area contributed by atoms with Gasteiger partial charge in [0.2, 0.25) is 5.91 Å². The first kappa shape index (κ1) is 22.2. The molecule has 0 saturated carbocycles. The van der Waals surface area contributed by atoms with Crippen molar-refractivity contribution in [2.24, 2.45) is 11.8 Å². The number of aryl methyl sites for hydroxylation is 1. The van der Waals surface area contributed by atoms with Crippen molar-refractivity contribution in [3.05, 3.63) is 41.3 Å². The molecule has 0 unspecified atom stereocenters. The van der Waals surface area contributed by atoms with Crippen molar-refractivity contribution in [3.63, 3.8) is 0 Å². The van der Waals surface area contributed by atoms with Gasteiger partial charge in [0.1, 0.15) is 5.76 Å². The summed E-state index contributed by atoms with van der Waals surface area (Å²) in [5.41, 5.74) is 1.39. The van der Waals surface area contributed by atoms with Crippen molar-refractivity contribution in [1.82, 2.24) is 15.0 Å². The molecule has 8 heteroatoms. The molecule has 2 aliphatic rings. The summed E-state index contributed by atoms with van der Waals surface area (Å²) in [5.74, 6) is 2.81. The lowest BCUT2D eigenvalue weighted by Gasteiger charge is -2.36. The van der Waals surface area contributed by atoms with Gasteiger partial charge in [0.05, 0.1) is 14.2 Å². The highest BCUT2D eigenvalue weighted by molar-refractivity contribution is 5.92. The Bertz CT molecular complexity index is 972. The second-order valence-corrected chi connectivity index (χ2v) is 8.66. The standard InChI is InChI=1S/C24H31N3O5/c1-16-13-20(25-32-16)24(29)27-12-8-18-14-22(28)26(11-9-19(18)15-27)10-7-17-5-4-6-21(30-2)23(17)31-3/h4-6,13,18-19H,7-12,14-15H2,1-3H3/t18-,19-/m0/s1. The number of piperidine rings is 1. The van der Waals surface area contributed by atoms with E-state index < -0.39 is 0 Å². The Morgan fingerprint density at radius 1 is 1.19 bits per heavy atom. The highest BCUT2D eigenvalue weighted by Gasteiger charge is 2.37. The van der Waals surface area contributed by atoms with Crippen molar-refractivity contribution in [2.45, 2.75) is 32.6 Å². The van der Waals surface area contributed by atoms with Crippen LogP contribution in [0.5, 0.6) is 11.5 Å². The van der Waals surface area contributed by atoms with Crippen LogP contribution >= 0.6 is 0 Å². The Morgan fingerprint density at radius 2 is 2.00 bits per heavy atom. The molecule has 0 radical (unpaired) electrons. The Labute approximate surface area is 188 Å². The molecule has 0 spiro atoms. The molecule has 2 saturated heterocycles. The first-order valence-corrected chi connectivity index (χ1v) is 11.2. The Kier molecular flexibility index (Phi) is 6.67. The van der Waals surface area contributed by atoms with Gasteiger partial charge in [0.15, 0.2) is 17.2 Å². The van der Waals surface area contributed by atoms with Crippen LogP contribution in [0.15, 0.2) is 28.8 Å². The molecule has 4 rings (SSSR count). The molecule has 172 valence electrons. The SMILES string of the molecule is COc1cccc(CCN2CC[C@H]3CN(C(=O)c4cc(C)on4)CC[C@H]3CC2=O)c1OC. The first-order valence-electron chi connectivity index (χ1n) is 11.2. The van der Waals surface area contributed by atoms with E-state index in [9.17, 15) is 9.59 Å². The van der Waals surface area contributed by atoms with E-state index in [1.165, 1.54) is 0 Å². The third-order valence-electron chi connectivity index (χ3n) is 6.72. The number of methoxy groups -OCH3 is 2. The maximum absolute atomic E-state index is 13.0. The molecule has 32 heavy (non-hydrogen) atoms. The van der Waals surface area contributed by atoms with E-state index in [0.29, 0.717) is 68.1 Å². The fraction of sp³-hybridized carbons (Fsp3) is 0.542. The minimum absolute atomic E-state index is 0.0853. The summed E-state index contributed by atoms with van der Waals surface area (Å²) in [6.45, 7) is 4.45. The number of nitrogens with zero attached hydrogens (tertiary/aromatic N) is 3. The van der Waals surface area contributed by atoms with E-state index in [1.807, 2.05) is 28.0 Å². The molecule has 8 nitrogen and oxygen atoms in total. The average Bonchev–Trinajstić information content (AvgIpc) is 3.17. The fourth-order valence-corrected chi connectivity index (χ4v) is 4.93. The van der Waals surface area contributed by atoms with E-state index >= 15 is 0 Å². The summed E-state index contributed by atoms with van der Waals surface area (Å²) in [7, 11) is 3.26. The Balaban J connectivity index is 1.38. The normalized spacial score (nSPS) is 21.2. The third-order valence-corrected chi connectivity index (χ3v) is 6.72. The summed E-state index contributed by atoms with van der Waals surface area (Å²) >= 11 is 0. The lowest BCUT2D eigenvalue weighted by molar-refractivity contribution is -0.131. The van der Waals surface area contributed by atoms with Crippen LogP contribution in [0.4, 0.5) is 0 Å². The topological polar surface area (TPSA) is 85.1 Å². The van der Waals surface area contributed by atoms with Gasteiger partial charge in [-0.25, -0.2) is 0 Å². The zero-order valence-corrected chi connectivity index (χ0v) is 19.0. The third kappa shape index (κ3) is 4.59. The molecular formula is C24H31N3O5. The van der Waals surface area contributed by atoms with Crippen molar-refractivity contribution in [1.29, 1.82) is 0 Å². The second-order valence-electron chi connectivity index (χ2n) is 8.66. The summed E-state index contributed by atoms with van der Waals surface area (Å²) in [6.07, 6.45) is 2.99. The maximum Gasteiger partial charge on any atom is 0.276 e. The molecule has 1 aromatic carbocycles. The number of hydrogen-bond donors (Lipinski definition) is 0. The fourth-order valence-electron chi connectivity index (χ4n) is 4.93. The number of benzene rings is 1. The van der Waals surface area contributed by atoms with Gasteiger partial charge in [0.25, 0.3) is 5.91 Å². The second kappa shape index (κ2) is 9.63. The number of para-hydroxylation sites is 1. The van der Waals surface area contributed by atoms with Gasteiger partial charge in [-0.05, 0) is 49.7 Å². The van der Waals surface area contributed by atoms with Crippen molar-refractivity contribution in [2.75, 3.05) is 40.4 Å². The van der Waals surface area contributed by atoms with E-state index in [4.69, 9.17) is 14.0 Å². The predicted octanol–water partition coefficient (Wildman–Crippen LogP) is 2.94. The van der Waals surface area contributed by atoms with Crippen LogP contribution in [-0.2, 0) is 11.2 Å².